The highest BCUT2D eigenvalue weighted by Gasteiger charge is 2.23. The highest BCUT2D eigenvalue weighted by molar-refractivity contribution is 5.95. The van der Waals surface area contributed by atoms with Gasteiger partial charge in [0, 0.05) is 11.6 Å². The lowest BCUT2D eigenvalue weighted by Gasteiger charge is -2.07. The molecule has 21 heavy (non-hydrogen) atoms. The van der Waals surface area contributed by atoms with Crippen LogP contribution in [0.5, 0.6) is 5.75 Å². The van der Waals surface area contributed by atoms with Gasteiger partial charge in [0.2, 0.25) is 0 Å². The van der Waals surface area contributed by atoms with Crippen LogP contribution < -0.4 is 5.32 Å². The van der Waals surface area contributed by atoms with E-state index in [1.807, 2.05) is 12.1 Å². The number of amides is 1. The number of carbonyl (C=O) groups excluding carboxylic acids is 1. The maximum absolute atomic E-state index is 12.1. The number of nitrogens with one attached hydrogen (secondary N) is 1. The molecule has 0 unspecified atom stereocenters. The van der Waals surface area contributed by atoms with E-state index in [1.54, 1.807) is 30.3 Å². The van der Waals surface area contributed by atoms with Crippen LogP contribution in [0.3, 0.4) is 0 Å². The van der Waals surface area contributed by atoms with Crippen LogP contribution in [0.2, 0.25) is 0 Å². The molecule has 0 atom stereocenters. The van der Waals surface area contributed by atoms with Crippen LogP contribution in [-0.4, -0.2) is 17.1 Å². The molecule has 1 amide bonds. The first kappa shape index (κ1) is 13.2. The van der Waals surface area contributed by atoms with Crippen molar-refractivity contribution in [1.82, 2.24) is 5.32 Å². The summed E-state index contributed by atoms with van der Waals surface area (Å²) in [5, 5.41) is 21.6. The molecular weight excluding hydrogens is 264 g/mol. The lowest BCUT2D eigenvalue weighted by Crippen LogP contribution is -2.25. The number of nitrogens with zero attached hydrogens (tertiary/aromatic N) is 1. The Kier molecular flexibility index (Phi) is 3.33. The van der Waals surface area contributed by atoms with E-state index in [2.05, 4.69) is 5.32 Å². The van der Waals surface area contributed by atoms with E-state index < -0.39 is 0 Å². The Bertz CT molecular complexity index is 743. The Morgan fingerprint density at radius 3 is 2.71 bits per heavy atom. The molecule has 0 aromatic heterocycles. The number of aromatic hydroxyl groups is 1. The molecule has 4 heteroatoms. The molecule has 2 N–H and O–H groups in total. The van der Waals surface area contributed by atoms with Gasteiger partial charge in [0.25, 0.3) is 5.91 Å². The molecular formula is C17H14N2O2. The summed E-state index contributed by atoms with van der Waals surface area (Å²) in [5.41, 5.74) is 2.48. The lowest BCUT2D eigenvalue weighted by atomic mass is 10.0. The summed E-state index contributed by atoms with van der Waals surface area (Å²) in [6.45, 7) is 0. The first-order valence-electron chi connectivity index (χ1n) is 6.81. The topological polar surface area (TPSA) is 73.1 Å². The highest BCUT2D eigenvalue weighted by Crippen LogP contribution is 2.26. The molecule has 2 aromatic rings. The molecule has 0 heterocycles. The second-order valence-corrected chi connectivity index (χ2v) is 5.21. The minimum Gasteiger partial charge on any atom is -0.508 e. The normalized spacial score (nSPS) is 13.5. The van der Waals surface area contributed by atoms with Crippen molar-refractivity contribution in [3.8, 4) is 22.9 Å². The predicted molar refractivity (Wildman–Crippen MR) is 78.7 cm³/mol. The van der Waals surface area contributed by atoms with Crippen LogP contribution >= 0.6 is 0 Å². The molecule has 1 fully saturated rings. The van der Waals surface area contributed by atoms with Crippen molar-refractivity contribution >= 4 is 5.91 Å². The van der Waals surface area contributed by atoms with Gasteiger partial charge in [0.05, 0.1) is 11.6 Å². The molecule has 1 aliphatic rings. The zero-order chi connectivity index (χ0) is 14.8. The third-order valence-electron chi connectivity index (χ3n) is 3.42. The largest absolute Gasteiger partial charge is 0.508 e. The van der Waals surface area contributed by atoms with Crippen LogP contribution in [0.1, 0.15) is 28.8 Å². The summed E-state index contributed by atoms with van der Waals surface area (Å²) in [5.74, 6) is -0.0445. The standard InChI is InChI=1S/C17H14N2O2/c18-10-11-6-14(9-16(20)7-11)12-2-1-3-13(8-12)17(21)19-15-4-5-15/h1-3,6-9,15,20H,4-5H2,(H,19,21). The summed E-state index contributed by atoms with van der Waals surface area (Å²) in [6, 6.07) is 14.2. The van der Waals surface area contributed by atoms with Gasteiger partial charge in [-0.05, 0) is 54.3 Å². The van der Waals surface area contributed by atoms with Gasteiger partial charge in [-0.2, -0.15) is 5.26 Å². The van der Waals surface area contributed by atoms with Gasteiger partial charge in [-0.25, -0.2) is 0 Å². The number of hydrogen-bond acceptors (Lipinski definition) is 3. The van der Waals surface area contributed by atoms with Gasteiger partial charge in [-0.1, -0.05) is 12.1 Å². The smallest absolute Gasteiger partial charge is 0.251 e. The minimum absolute atomic E-state index is 0.0388. The summed E-state index contributed by atoms with van der Waals surface area (Å²) >= 11 is 0. The fourth-order valence-corrected chi connectivity index (χ4v) is 2.18. The molecule has 0 saturated heterocycles. The summed E-state index contributed by atoms with van der Waals surface area (Å²) < 4.78 is 0. The fourth-order valence-electron chi connectivity index (χ4n) is 2.18. The lowest BCUT2D eigenvalue weighted by molar-refractivity contribution is 0.0951. The van der Waals surface area contributed by atoms with E-state index in [-0.39, 0.29) is 11.7 Å². The Balaban J connectivity index is 1.93. The summed E-state index contributed by atoms with van der Waals surface area (Å²) in [4.78, 5) is 12.1. The quantitative estimate of drug-likeness (QED) is 0.906. The van der Waals surface area contributed by atoms with Crippen LogP contribution in [-0.2, 0) is 0 Å². The molecule has 0 aliphatic heterocycles. The number of phenolic OH excluding ortho intramolecular Hbond substituents is 1. The molecule has 1 saturated carbocycles. The molecule has 104 valence electrons. The molecule has 0 bridgehead atoms. The number of nitriles is 1. The number of carbonyl (C=O) groups is 1. The van der Waals surface area contributed by atoms with E-state index >= 15 is 0 Å². The van der Waals surface area contributed by atoms with E-state index in [9.17, 15) is 9.90 Å². The van der Waals surface area contributed by atoms with E-state index in [1.165, 1.54) is 6.07 Å². The third kappa shape index (κ3) is 3.03. The van der Waals surface area contributed by atoms with Crippen molar-refractivity contribution in [2.45, 2.75) is 18.9 Å². The predicted octanol–water partition coefficient (Wildman–Crippen LogP) is 2.82. The zero-order valence-electron chi connectivity index (χ0n) is 11.3. The van der Waals surface area contributed by atoms with Gasteiger partial charge >= 0.3 is 0 Å². The van der Waals surface area contributed by atoms with Gasteiger partial charge < -0.3 is 10.4 Å². The number of rotatable bonds is 3. The average Bonchev–Trinajstić information content (AvgIpc) is 3.30. The Morgan fingerprint density at radius 1 is 1.19 bits per heavy atom. The van der Waals surface area contributed by atoms with Gasteiger partial charge in [0.1, 0.15) is 5.75 Å². The maximum atomic E-state index is 12.1. The van der Waals surface area contributed by atoms with Gasteiger partial charge in [-0.15, -0.1) is 0 Å². The fraction of sp³-hybridized carbons (Fsp3) is 0.176. The van der Waals surface area contributed by atoms with Crippen molar-refractivity contribution in [1.29, 1.82) is 5.26 Å². The molecule has 2 aromatic carbocycles. The van der Waals surface area contributed by atoms with Crippen molar-refractivity contribution in [3.63, 3.8) is 0 Å². The van der Waals surface area contributed by atoms with Crippen LogP contribution in [0, 0.1) is 11.3 Å². The third-order valence-corrected chi connectivity index (χ3v) is 3.42. The molecule has 4 nitrogen and oxygen atoms in total. The van der Waals surface area contributed by atoms with E-state index in [0.29, 0.717) is 22.7 Å². The monoisotopic (exact) mass is 278 g/mol. The van der Waals surface area contributed by atoms with E-state index in [0.717, 1.165) is 18.4 Å². The number of benzene rings is 2. The van der Waals surface area contributed by atoms with Crippen molar-refractivity contribution < 1.29 is 9.90 Å². The summed E-state index contributed by atoms with van der Waals surface area (Å²) in [7, 11) is 0. The van der Waals surface area contributed by atoms with Gasteiger partial charge in [0.15, 0.2) is 0 Å². The van der Waals surface area contributed by atoms with Crippen LogP contribution in [0.25, 0.3) is 11.1 Å². The molecule has 0 spiro atoms. The van der Waals surface area contributed by atoms with Crippen molar-refractivity contribution in [3.05, 3.63) is 53.6 Å². The van der Waals surface area contributed by atoms with Crippen LogP contribution in [0.4, 0.5) is 0 Å². The average molecular weight is 278 g/mol. The van der Waals surface area contributed by atoms with Crippen molar-refractivity contribution in [2.24, 2.45) is 0 Å². The first-order chi connectivity index (χ1) is 10.2. The summed E-state index contributed by atoms with van der Waals surface area (Å²) in [6.07, 6.45) is 2.09. The molecule has 0 radical (unpaired) electrons. The van der Waals surface area contributed by atoms with E-state index in [4.69, 9.17) is 5.26 Å². The van der Waals surface area contributed by atoms with Crippen LogP contribution in [0.15, 0.2) is 42.5 Å². The minimum atomic E-state index is -0.0833. The Labute approximate surface area is 122 Å². The second kappa shape index (κ2) is 5.29. The van der Waals surface area contributed by atoms with Gasteiger partial charge in [-0.3, -0.25) is 4.79 Å². The Morgan fingerprint density at radius 2 is 2.00 bits per heavy atom. The first-order valence-corrected chi connectivity index (χ1v) is 6.81. The Hall–Kier alpha value is -2.80. The number of hydrogen-bond donors (Lipinski definition) is 2. The SMILES string of the molecule is N#Cc1cc(O)cc(-c2cccc(C(=O)NC3CC3)c2)c1. The molecule has 1 aliphatic carbocycles. The maximum Gasteiger partial charge on any atom is 0.251 e. The van der Waals surface area contributed by atoms with Crippen molar-refractivity contribution in [2.75, 3.05) is 0 Å². The molecule has 3 rings (SSSR count). The number of phenols is 1. The second-order valence-electron chi connectivity index (χ2n) is 5.21. The highest BCUT2D eigenvalue weighted by atomic mass is 16.3. The zero-order valence-corrected chi connectivity index (χ0v) is 11.3.